The van der Waals surface area contributed by atoms with Gasteiger partial charge in [-0.05, 0) is 24.6 Å². The molecule has 0 spiro atoms. The molecule has 20 heavy (non-hydrogen) atoms. The van der Waals surface area contributed by atoms with Crippen LogP contribution >= 0.6 is 0 Å². The van der Waals surface area contributed by atoms with E-state index in [0.29, 0.717) is 6.61 Å². The SMILES string of the molecule is Cc1ccc(COc2ccccc2/C=N/N(C)C)cc1. The number of aryl methyl sites for hydroxylation is 1. The lowest BCUT2D eigenvalue weighted by Gasteiger charge is -2.10. The topological polar surface area (TPSA) is 24.8 Å². The van der Waals surface area contributed by atoms with Crippen LogP contribution in [0.2, 0.25) is 0 Å². The van der Waals surface area contributed by atoms with Crippen molar-refractivity contribution in [1.29, 1.82) is 0 Å². The van der Waals surface area contributed by atoms with Gasteiger partial charge in [-0.3, -0.25) is 0 Å². The summed E-state index contributed by atoms with van der Waals surface area (Å²) in [5.41, 5.74) is 3.40. The van der Waals surface area contributed by atoms with Crippen LogP contribution in [0, 0.1) is 6.92 Å². The van der Waals surface area contributed by atoms with E-state index in [4.69, 9.17) is 4.74 Å². The van der Waals surface area contributed by atoms with Crippen molar-refractivity contribution < 1.29 is 4.74 Å². The Morgan fingerprint density at radius 1 is 1.05 bits per heavy atom. The lowest BCUT2D eigenvalue weighted by Crippen LogP contribution is -2.03. The van der Waals surface area contributed by atoms with Crippen LogP contribution in [0.5, 0.6) is 5.75 Å². The number of hydrogen-bond donors (Lipinski definition) is 0. The molecule has 0 bridgehead atoms. The third-order valence-electron chi connectivity index (χ3n) is 2.86. The smallest absolute Gasteiger partial charge is 0.128 e. The molecule has 0 unspecified atom stereocenters. The standard InChI is InChI=1S/C17H20N2O/c1-14-8-10-15(11-9-14)13-20-17-7-5-4-6-16(17)12-18-19(2)3/h4-12H,13H2,1-3H3/b18-12+. The molecule has 0 aromatic heterocycles. The van der Waals surface area contributed by atoms with Crippen LogP contribution in [0.15, 0.2) is 53.6 Å². The lowest BCUT2D eigenvalue weighted by molar-refractivity contribution is 0.305. The van der Waals surface area contributed by atoms with Crippen LogP contribution in [-0.2, 0) is 6.61 Å². The van der Waals surface area contributed by atoms with Gasteiger partial charge in [0.15, 0.2) is 0 Å². The Kier molecular flexibility index (Phi) is 4.77. The Morgan fingerprint density at radius 3 is 2.45 bits per heavy atom. The quantitative estimate of drug-likeness (QED) is 0.612. The van der Waals surface area contributed by atoms with Crippen molar-refractivity contribution in [3.8, 4) is 5.75 Å². The maximum atomic E-state index is 5.89. The first-order valence-electron chi connectivity index (χ1n) is 6.64. The van der Waals surface area contributed by atoms with Gasteiger partial charge in [-0.2, -0.15) is 5.10 Å². The summed E-state index contributed by atoms with van der Waals surface area (Å²) in [6.45, 7) is 2.64. The first-order chi connectivity index (χ1) is 9.65. The van der Waals surface area contributed by atoms with Crippen LogP contribution in [-0.4, -0.2) is 25.3 Å². The van der Waals surface area contributed by atoms with Gasteiger partial charge in [0.25, 0.3) is 0 Å². The van der Waals surface area contributed by atoms with Crippen molar-refractivity contribution in [3.05, 3.63) is 65.2 Å². The second kappa shape index (κ2) is 6.75. The second-order valence-electron chi connectivity index (χ2n) is 4.90. The molecule has 0 heterocycles. The van der Waals surface area contributed by atoms with Crippen molar-refractivity contribution in [2.45, 2.75) is 13.5 Å². The number of rotatable bonds is 5. The molecule has 0 N–H and O–H groups in total. The predicted octanol–water partition coefficient (Wildman–Crippen LogP) is 3.47. The molecule has 3 nitrogen and oxygen atoms in total. The van der Waals surface area contributed by atoms with Crippen LogP contribution in [0.1, 0.15) is 16.7 Å². The van der Waals surface area contributed by atoms with Crippen molar-refractivity contribution in [3.63, 3.8) is 0 Å². The normalized spacial score (nSPS) is 10.8. The zero-order chi connectivity index (χ0) is 14.4. The Bertz CT molecular complexity index is 574. The van der Waals surface area contributed by atoms with Crippen molar-refractivity contribution in [2.75, 3.05) is 14.1 Å². The Morgan fingerprint density at radius 2 is 1.75 bits per heavy atom. The summed E-state index contributed by atoms with van der Waals surface area (Å²) in [4.78, 5) is 0. The molecule has 2 aromatic rings. The average molecular weight is 268 g/mol. The molecule has 0 saturated heterocycles. The minimum absolute atomic E-state index is 0.563. The number of nitrogens with zero attached hydrogens (tertiary/aromatic N) is 2. The van der Waals surface area contributed by atoms with Crippen LogP contribution in [0.25, 0.3) is 0 Å². The highest BCUT2D eigenvalue weighted by molar-refractivity contribution is 5.83. The number of para-hydroxylation sites is 1. The maximum absolute atomic E-state index is 5.89. The van der Waals surface area contributed by atoms with E-state index in [2.05, 4.69) is 36.3 Å². The minimum Gasteiger partial charge on any atom is -0.488 e. The fourth-order valence-electron chi connectivity index (χ4n) is 1.74. The molecule has 0 amide bonds. The Balaban J connectivity index is 2.07. The van der Waals surface area contributed by atoms with Gasteiger partial charge >= 0.3 is 0 Å². The molecule has 0 fully saturated rings. The molecular weight excluding hydrogens is 248 g/mol. The Labute approximate surface area is 120 Å². The van der Waals surface area contributed by atoms with Crippen LogP contribution in [0.4, 0.5) is 0 Å². The number of ether oxygens (including phenoxy) is 1. The van der Waals surface area contributed by atoms with E-state index in [9.17, 15) is 0 Å². The van der Waals surface area contributed by atoms with E-state index in [-0.39, 0.29) is 0 Å². The molecule has 0 aliphatic heterocycles. The Hall–Kier alpha value is -2.29. The van der Waals surface area contributed by atoms with E-state index >= 15 is 0 Å². The van der Waals surface area contributed by atoms with Gasteiger partial charge in [0.05, 0.1) is 6.21 Å². The summed E-state index contributed by atoms with van der Waals surface area (Å²) < 4.78 is 5.89. The van der Waals surface area contributed by atoms with E-state index in [1.165, 1.54) is 5.56 Å². The summed E-state index contributed by atoms with van der Waals surface area (Å²) in [5.74, 6) is 0.846. The van der Waals surface area contributed by atoms with E-state index in [1.54, 1.807) is 5.01 Å². The fraction of sp³-hybridized carbons (Fsp3) is 0.235. The fourth-order valence-corrected chi connectivity index (χ4v) is 1.74. The minimum atomic E-state index is 0.563. The molecule has 3 heteroatoms. The largest absolute Gasteiger partial charge is 0.488 e. The molecular formula is C17H20N2O. The van der Waals surface area contributed by atoms with Crippen molar-refractivity contribution in [1.82, 2.24) is 5.01 Å². The third-order valence-corrected chi connectivity index (χ3v) is 2.86. The van der Waals surface area contributed by atoms with Crippen molar-refractivity contribution in [2.24, 2.45) is 5.10 Å². The summed E-state index contributed by atoms with van der Waals surface area (Å²) in [7, 11) is 3.79. The number of benzene rings is 2. The summed E-state index contributed by atoms with van der Waals surface area (Å²) >= 11 is 0. The van der Waals surface area contributed by atoms with Gasteiger partial charge in [0, 0.05) is 19.7 Å². The molecule has 2 aromatic carbocycles. The molecule has 0 aliphatic rings. The van der Waals surface area contributed by atoms with Crippen LogP contribution < -0.4 is 4.74 Å². The lowest BCUT2D eigenvalue weighted by atomic mass is 10.1. The number of hydrogen-bond acceptors (Lipinski definition) is 3. The zero-order valence-electron chi connectivity index (χ0n) is 12.2. The average Bonchev–Trinajstić information content (AvgIpc) is 2.45. The van der Waals surface area contributed by atoms with Gasteiger partial charge < -0.3 is 9.75 Å². The first-order valence-corrected chi connectivity index (χ1v) is 6.64. The van der Waals surface area contributed by atoms with Gasteiger partial charge in [-0.1, -0.05) is 42.0 Å². The second-order valence-corrected chi connectivity index (χ2v) is 4.90. The van der Waals surface area contributed by atoms with Gasteiger partial charge in [-0.15, -0.1) is 0 Å². The molecule has 0 radical (unpaired) electrons. The molecule has 0 aliphatic carbocycles. The van der Waals surface area contributed by atoms with Crippen LogP contribution in [0.3, 0.4) is 0 Å². The zero-order valence-corrected chi connectivity index (χ0v) is 12.2. The maximum Gasteiger partial charge on any atom is 0.128 e. The summed E-state index contributed by atoms with van der Waals surface area (Å²) in [6.07, 6.45) is 1.81. The van der Waals surface area contributed by atoms with E-state index < -0.39 is 0 Å². The van der Waals surface area contributed by atoms with E-state index in [0.717, 1.165) is 16.9 Å². The molecule has 0 saturated carbocycles. The molecule has 0 atom stereocenters. The summed E-state index contributed by atoms with van der Waals surface area (Å²) in [5, 5.41) is 6.01. The highest BCUT2D eigenvalue weighted by Gasteiger charge is 2.01. The molecule has 2 rings (SSSR count). The van der Waals surface area contributed by atoms with Crippen molar-refractivity contribution >= 4 is 6.21 Å². The summed E-state index contributed by atoms with van der Waals surface area (Å²) in [6, 6.07) is 16.3. The predicted molar refractivity (Wildman–Crippen MR) is 83.2 cm³/mol. The highest BCUT2D eigenvalue weighted by Crippen LogP contribution is 2.18. The third kappa shape index (κ3) is 4.12. The molecule has 104 valence electrons. The van der Waals surface area contributed by atoms with E-state index in [1.807, 2.05) is 44.6 Å². The highest BCUT2D eigenvalue weighted by atomic mass is 16.5. The number of hydrazone groups is 1. The van der Waals surface area contributed by atoms with Gasteiger partial charge in [0.2, 0.25) is 0 Å². The monoisotopic (exact) mass is 268 g/mol. The van der Waals surface area contributed by atoms with Gasteiger partial charge in [0.1, 0.15) is 12.4 Å². The first kappa shape index (κ1) is 14.1. The van der Waals surface area contributed by atoms with Gasteiger partial charge in [-0.25, -0.2) is 0 Å².